The van der Waals surface area contributed by atoms with Gasteiger partial charge in [-0.3, -0.25) is 4.68 Å². The Bertz CT molecular complexity index is 339. The minimum absolute atomic E-state index is 0.471. The third kappa shape index (κ3) is 2.39. The Morgan fingerprint density at radius 2 is 1.93 bits per heavy atom. The van der Waals surface area contributed by atoms with Crippen molar-refractivity contribution in [3.05, 3.63) is 11.4 Å². The first kappa shape index (κ1) is 10.7. The van der Waals surface area contributed by atoms with E-state index in [1.165, 1.54) is 37.1 Å². The highest BCUT2D eigenvalue weighted by Crippen LogP contribution is 2.31. The maximum Gasteiger partial charge on any atom is 0.0859 e. The normalized spacial score (nSPS) is 21.3. The molecular weight excluding hydrogens is 186 g/mol. The molecule has 0 amide bonds. The van der Waals surface area contributed by atoms with Crippen LogP contribution in [-0.4, -0.2) is 15.0 Å². The molecule has 84 valence electrons. The van der Waals surface area contributed by atoms with Crippen LogP contribution in [0, 0.1) is 5.41 Å². The van der Waals surface area contributed by atoms with Crippen LogP contribution in [0.3, 0.4) is 0 Å². The molecule has 0 aromatic carbocycles. The van der Waals surface area contributed by atoms with Crippen molar-refractivity contribution >= 4 is 0 Å². The molecule has 0 aliphatic heterocycles. The van der Waals surface area contributed by atoms with Gasteiger partial charge in [-0.1, -0.05) is 25.5 Å². The number of hydrogen-bond acceptors (Lipinski definition) is 2. The van der Waals surface area contributed by atoms with Gasteiger partial charge in [-0.25, -0.2) is 0 Å². The molecule has 0 unspecified atom stereocenters. The fraction of sp³-hybridized carbons (Fsp3) is 0.833. The number of aryl methyl sites for hydroxylation is 2. The van der Waals surface area contributed by atoms with Gasteiger partial charge in [0, 0.05) is 7.05 Å². The molecule has 0 saturated carbocycles. The van der Waals surface area contributed by atoms with Gasteiger partial charge in [0.15, 0.2) is 0 Å². The average Bonchev–Trinajstić information content (AvgIpc) is 2.53. The molecule has 3 heteroatoms. The zero-order chi connectivity index (χ0) is 10.9. The van der Waals surface area contributed by atoms with E-state index in [0.29, 0.717) is 5.41 Å². The van der Waals surface area contributed by atoms with E-state index in [2.05, 4.69) is 24.2 Å². The maximum absolute atomic E-state index is 4.28. The third-order valence-electron chi connectivity index (χ3n) is 3.58. The van der Waals surface area contributed by atoms with E-state index in [0.717, 1.165) is 12.8 Å². The highest BCUT2D eigenvalue weighted by Gasteiger charge is 2.21. The quantitative estimate of drug-likeness (QED) is 0.654. The number of rotatable bonds is 0. The van der Waals surface area contributed by atoms with Crippen LogP contribution in [0.25, 0.3) is 0 Å². The van der Waals surface area contributed by atoms with Crippen molar-refractivity contribution in [1.82, 2.24) is 15.0 Å². The smallest absolute Gasteiger partial charge is 0.0859 e. The predicted octanol–water partition coefficient (Wildman–Crippen LogP) is 2.50. The molecule has 0 N–H and O–H groups in total. The summed E-state index contributed by atoms with van der Waals surface area (Å²) in [6, 6.07) is 0. The van der Waals surface area contributed by atoms with Crippen LogP contribution in [0.1, 0.15) is 50.9 Å². The summed E-state index contributed by atoms with van der Waals surface area (Å²) in [5.74, 6) is 0. The molecule has 1 heterocycles. The van der Waals surface area contributed by atoms with E-state index >= 15 is 0 Å². The zero-order valence-electron chi connectivity index (χ0n) is 10.1. The first-order valence-corrected chi connectivity index (χ1v) is 5.96. The summed E-state index contributed by atoms with van der Waals surface area (Å²) in [5, 5.41) is 8.40. The summed E-state index contributed by atoms with van der Waals surface area (Å²) in [6.07, 6.45) is 7.42. The molecule has 2 rings (SSSR count). The van der Waals surface area contributed by atoms with Crippen LogP contribution in [0.5, 0.6) is 0 Å². The Morgan fingerprint density at radius 3 is 2.73 bits per heavy atom. The first-order chi connectivity index (χ1) is 7.08. The van der Waals surface area contributed by atoms with Gasteiger partial charge in [0.1, 0.15) is 0 Å². The van der Waals surface area contributed by atoms with E-state index in [9.17, 15) is 0 Å². The standard InChI is InChI=1S/C12H21N3/c1-12(2)8-5-4-6-11-10(7-9-12)13-14-15(11)3/h4-9H2,1-3H3. The fourth-order valence-corrected chi connectivity index (χ4v) is 2.40. The second-order valence-corrected chi connectivity index (χ2v) is 5.48. The second kappa shape index (κ2) is 3.95. The van der Waals surface area contributed by atoms with Crippen LogP contribution >= 0.6 is 0 Å². The van der Waals surface area contributed by atoms with Gasteiger partial charge >= 0.3 is 0 Å². The van der Waals surface area contributed by atoms with Gasteiger partial charge in [0.2, 0.25) is 0 Å². The number of nitrogens with zero attached hydrogens (tertiary/aromatic N) is 3. The summed E-state index contributed by atoms with van der Waals surface area (Å²) in [6.45, 7) is 4.74. The lowest BCUT2D eigenvalue weighted by Crippen LogP contribution is -2.12. The molecule has 0 saturated heterocycles. The summed E-state index contributed by atoms with van der Waals surface area (Å²) in [7, 11) is 2.01. The molecule has 1 aliphatic carbocycles. The van der Waals surface area contributed by atoms with Gasteiger partial charge in [0.25, 0.3) is 0 Å². The van der Waals surface area contributed by atoms with Crippen molar-refractivity contribution in [2.45, 2.75) is 52.4 Å². The Kier molecular flexibility index (Phi) is 2.81. The molecule has 1 aliphatic rings. The third-order valence-corrected chi connectivity index (χ3v) is 3.58. The van der Waals surface area contributed by atoms with Crippen molar-refractivity contribution in [3.8, 4) is 0 Å². The average molecular weight is 207 g/mol. The topological polar surface area (TPSA) is 30.7 Å². The fourth-order valence-electron chi connectivity index (χ4n) is 2.40. The number of aromatic nitrogens is 3. The predicted molar refractivity (Wildman–Crippen MR) is 60.7 cm³/mol. The minimum atomic E-state index is 0.471. The Balaban J connectivity index is 2.20. The van der Waals surface area contributed by atoms with Crippen molar-refractivity contribution in [2.24, 2.45) is 12.5 Å². The van der Waals surface area contributed by atoms with E-state index in [4.69, 9.17) is 0 Å². The van der Waals surface area contributed by atoms with E-state index in [1.54, 1.807) is 0 Å². The zero-order valence-corrected chi connectivity index (χ0v) is 10.1. The molecule has 0 bridgehead atoms. The van der Waals surface area contributed by atoms with Crippen LogP contribution in [0.15, 0.2) is 0 Å². The van der Waals surface area contributed by atoms with E-state index < -0.39 is 0 Å². The molecule has 0 spiro atoms. The van der Waals surface area contributed by atoms with Crippen molar-refractivity contribution in [3.63, 3.8) is 0 Å². The molecule has 1 aromatic rings. The lowest BCUT2D eigenvalue weighted by Gasteiger charge is -2.23. The van der Waals surface area contributed by atoms with Crippen molar-refractivity contribution < 1.29 is 0 Å². The number of fused-ring (bicyclic) bond motifs is 1. The highest BCUT2D eigenvalue weighted by atomic mass is 15.4. The summed E-state index contributed by atoms with van der Waals surface area (Å²) in [5.41, 5.74) is 3.05. The highest BCUT2D eigenvalue weighted by molar-refractivity contribution is 5.11. The molecule has 0 fully saturated rings. The monoisotopic (exact) mass is 207 g/mol. The Hall–Kier alpha value is -0.860. The van der Waals surface area contributed by atoms with E-state index in [1.807, 2.05) is 11.7 Å². The van der Waals surface area contributed by atoms with Crippen LogP contribution < -0.4 is 0 Å². The van der Waals surface area contributed by atoms with Crippen molar-refractivity contribution in [1.29, 1.82) is 0 Å². The summed E-state index contributed by atoms with van der Waals surface area (Å²) >= 11 is 0. The first-order valence-electron chi connectivity index (χ1n) is 5.96. The molecule has 15 heavy (non-hydrogen) atoms. The van der Waals surface area contributed by atoms with Crippen LogP contribution in [0.4, 0.5) is 0 Å². The molecular formula is C12H21N3. The largest absolute Gasteiger partial charge is 0.252 e. The van der Waals surface area contributed by atoms with Gasteiger partial charge in [-0.15, -0.1) is 5.10 Å². The van der Waals surface area contributed by atoms with Gasteiger partial charge < -0.3 is 0 Å². The molecule has 3 nitrogen and oxygen atoms in total. The molecule has 1 aromatic heterocycles. The summed E-state index contributed by atoms with van der Waals surface area (Å²) < 4.78 is 1.95. The van der Waals surface area contributed by atoms with Crippen LogP contribution in [-0.2, 0) is 19.9 Å². The summed E-state index contributed by atoms with van der Waals surface area (Å²) in [4.78, 5) is 0. The van der Waals surface area contributed by atoms with Crippen molar-refractivity contribution in [2.75, 3.05) is 0 Å². The maximum atomic E-state index is 4.28. The minimum Gasteiger partial charge on any atom is -0.252 e. The van der Waals surface area contributed by atoms with E-state index in [-0.39, 0.29) is 0 Å². The Labute approximate surface area is 91.9 Å². The van der Waals surface area contributed by atoms with Gasteiger partial charge in [-0.05, 0) is 37.5 Å². The molecule has 0 radical (unpaired) electrons. The lowest BCUT2D eigenvalue weighted by molar-refractivity contribution is 0.298. The van der Waals surface area contributed by atoms with Gasteiger partial charge in [-0.2, -0.15) is 0 Å². The van der Waals surface area contributed by atoms with Crippen LogP contribution in [0.2, 0.25) is 0 Å². The second-order valence-electron chi connectivity index (χ2n) is 5.48. The van der Waals surface area contributed by atoms with Gasteiger partial charge in [0.05, 0.1) is 11.4 Å². The number of hydrogen-bond donors (Lipinski definition) is 0. The molecule has 0 atom stereocenters. The lowest BCUT2D eigenvalue weighted by atomic mass is 9.83. The SMILES string of the molecule is Cn1nnc2c1CCCCC(C)(C)CC2. The Morgan fingerprint density at radius 1 is 1.13 bits per heavy atom.